The van der Waals surface area contributed by atoms with Crippen LogP contribution in [-0.4, -0.2) is 48.8 Å². The summed E-state index contributed by atoms with van der Waals surface area (Å²) in [6.45, 7) is 9.33. The molecule has 0 radical (unpaired) electrons. The molecule has 4 aromatic rings. The Balaban J connectivity index is 1.67. The van der Waals surface area contributed by atoms with Crippen molar-refractivity contribution in [3.63, 3.8) is 0 Å². The van der Waals surface area contributed by atoms with E-state index in [1.54, 1.807) is 18.8 Å². The first-order valence-electron chi connectivity index (χ1n) is 10.5. The fourth-order valence-electron chi connectivity index (χ4n) is 3.44. The van der Waals surface area contributed by atoms with Crippen molar-refractivity contribution in [2.24, 2.45) is 12.5 Å². The van der Waals surface area contributed by atoms with Crippen molar-refractivity contribution < 1.29 is 4.74 Å². The minimum Gasteiger partial charge on any atom is -0.496 e. The van der Waals surface area contributed by atoms with Gasteiger partial charge in [-0.05, 0) is 34.9 Å². The van der Waals surface area contributed by atoms with Crippen LogP contribution in [0, 0.1) is 12.3 Å². The highest BCUT2D eigenvalue weighted by Gasteiger charge is 2.15. The van der Waals surface area contributed by atoms with Crippen LogP contribution in [0.1, 0.15) is 37.9 Å². The number of nitrogens with zero attached hydrogens (tertiary/aromatic N) is 7. The lowest BCUT2D eigenvalue weighted by Gasteiger charge is -2.20. The second kappa shape index (κ2) is 8.49. The predicted molar refractivity (Wildman–Crippen MR) is 124 cm³/mol. The lowest BCUT2D eigenvalue weighted by Crippen LogP contribution is -2.20. The van der Waals surface area contributed by atoms with Crippen molar-refractivity contribution in [2.45, 2.75) is 34.1 Å². The fourth-order valence-corrected chi connectivity index (χ4v) is 3.44. The molecule has 0 bridgehead atoms. The highest BCUT2D eigenvalue weighted by molar-refractivity contribution is 5.88. The number of methoxy groups -OCH3 is 1. The molecule has 0 aliphatic rings. The van der Waals surface area contributed by atoms with Crippen molar-refractivity contribution in [3.05, 3.63) is 47.5 Å². The van der Waals surface area contributed by atoms with Gasteiger partial charge in [0.25, 0.3) is 0 Å². The SMILES string of the molecule is COc1cc(-c2nnnn2C)ccc1Cc1ncc2cc(C)nc(NCC(C)(C)C)c2n1. The van der Waals surface area contributed by atoms with E-state index in [9.17, 15) is 0 Å². The molecule has 3 aromatic heterocycles. The molecule has 1 aromatic carbocycles. The van der Waals surface area contributed by atoms with Gasteiger partial charge in [-0.2, -0.15) is 0 Å². The molecule has 1 N–H and O–H groups in total. The molecule has 0 unspecified atom stereocenters. The van der Waals surface area contributed by atoms with Crippen molar-refractivity contribution in [1.82, 2.24) is 35.2 Å². The number of ether oxygens (including phenoxy) is 1. The third-order valence-electron chi connectivity index (χ3n) is 5.04. The molecule has 0 aliphatic heterocycles. The Morgan fingerprint density at radius 2 is 1.94 bits per heavy atom. The molecule has 4 rings (SSSR count). The van der Waals surface area contributed by atoms with E-state index in [1.165, 1.54) is 0 Å². The third-order valence-corrected chi connectivity index (χ3v) is 5.04. The summed E-state index contributed by atoms with van der Waals surface area (Å²) in [5.74, 6) is 2.90. The first-order chi connectivity index (χ1) is 15.2. The van der Waals surface area contributed by atoms with Crippen LogP contribution in [0.4, 0.5) is 5.82 Å². The molecule has 0 amide bonds. The van der Waals surface area contributed by atoms with Crippen molar-refractivity contribution >= 4 is 16.7 Å². The molecule has 166 valence electrons. The fraction of sp³-hybridized carbons (Fsp3) is 0.391. The molecule has 0 spiro atoms. The van der Waals surface area contributed by atoms with Gasteiger partial charge in [-0.15, -0.1) is 5.10 Å². The number of aromatic nitrogens is 7. The van der Waals surface area contributed by atoms with Gasteiger partial charge in [0.15, 0.2) is 11.6 Å². The zero-order valence-corrected chi connectivity index (χ0v) is 19.3. The Morgan fingerprint density at radius 1 is 1.12 bits per heavy atom. The molecule has 9 nitrogen and oxygen atoms in total. The van der Waals surface area contributed by atoms with E-state index >= 15 is 0 Å². The largest absolute Gasteiger partial charge is 0.496 e. The third kappa shape index (κ3) is 4.66. The smallest absolute Gasteiger partial charge is 0.181 e. The lowest BCUT2D eigenvalue weighted by atomic mass is 9.97. The molecular formula is C23H28N8O. The summed E-state index contributed by atoms with van der Waals surface area (Å²) in [6, 6.07) is 7.92. The Kier molecular flexibility index (Phi) is 5.73. The van der Waals surface area contributed by atoms with Crippen molar-refractivity contribution in [2.75, 3.05) is 19.0 Å². The number of hydrogen-bond acceptors (Lipinski definition) is 8. The summed E-state index contributed by atoms with van der Waals surface area (Å²) < 4.78 is 7.27. The van der Waals surface area contributed by atoms with Crippen LogP contribution >= 0.6 is 0 Å². The highest BCUT2D eigenvalue weighted by atomic mass is 16.5. The minimum atomic E-state index is 0.126. The van der Waals surface area contributed by atoms with Crippen molar-refractivity contribution in [3.8, 4) is 17.1 Å². The van der Waals surface area contributed by atoms with Crippen LogP contribution in [0.25, 0.3) is 22.3 Å². The monoisotopic (exact) mass is 432 g/mol. The van der Waals surface area contributed by atoms with E-state index in [4.69, 9.17) is 9.72 Å². The predicted octanol–water partition coefficient (Wildman–Crippen LogP) is 3.58. The maximum Gasteiger partial charge on any atom is 0.181 e. The van der Waals surface area contributed by atoms with E-state index in [2.05, 4.69) is 51.6 Å². The summed E-state index contributed by atoms with van der Waals surface area (Å²) >= 11 is 0. The number of pyridine rings is 1. The molecule has 32 heavy (non-hydrogen) atoms. The number of aryl methyl sites for hydroxylation is 2. The average molecular weight is 433 g/mol. The van der Waals surface area contributed by atoms with Crippen LogP contribution < -0.4 is 10.1 Å². The highest BCUT2D eigenvalue weighted by Crippen LogP contribution is 2.28. The van der Waals surface area contributed by atoms with E-state index in [0.717, 1.165) is 45.8 Å². The summed E-state index contributed by atoms with van der Waals surface area (Å²) in [5, 5.41) is 16.1. The Morgan fingerprint density at radius 3 is 2.62 bits per heavy atom. The Labute approximate surface area is 187 Å². The minimum absolute atomic E-state index is 0.126. The lowest BCUT2D eigenvalue weighted by molar-refractivity contribution is 0.410. The van der Waals surface area contributed by atoms with Crippen molar-refractivity contribution in [1.29, 1.82) is 0 Å². The van der Waals surface area contributed by atoms with Gasteiger partial charge < -0.3 is 10.1 Å². The first kappa shape index (κ1) is 21.6. The van der Waals surface area contributed by atoms with Crippen LogP contribution in [0.3, 0.4) is 0 Å². The van der Waals surface area contributed by atoms with E-state index < -0.39 is 0 Å². The standard InChI is InChI=1S/C23H28N8O/c1-14-9-17-12-24-19(27-20(17)21(26-14)25-13-23(2,3)4)11-15-7-8-16(10-18(15)32-6)22-28-29-30-31(22)5/h7-10,12H,11,13H2,1-6H3,(H,25,26). The zero-order chi connectivity index (χ0) is 22.9. The van der Waals surface area contributed by atoms with Gasteiger partial charge in [0, 0.05) is 48.4 Å². The van der Waals surface area contributed by atoms with E-state index in [-0.39, 0.29) is 5.41 Å². The van der Waals surface area contributed by atoms with Gasteiger partial charge in [0.1, 0.15) is 17.1 Å². The molecule has 0 fully saturated rings. The maximum atomic E-state index is 5.64. The number of fused-ring (bicyclic) bond motifs is 1. The molecular weight excluding hydrogens is 404 g/mol. The number of tetrazole rings is 1. The molecule has 0 saturated carbocycles. The van der Waals surface area contributed by atoms with Gasteiger partial charge in [0.2, 0.25) is 0 Å². The number of hydrogen-bond donors (Lipinski definition) is 1. The van der Waals surface area contributed by atoms with Crippen LogP contribution in [0.15, 0.2) is 30.5 Å². The summed E-state index contributed by atoms with van der Waals surface area (Å²) in [6.07, 6.45) is 2.39. The number of benzene rings is 1. The van der Waals surface area contributed by atoms with Crippen LogP contribution in [0.2, 0.25) is 0 Å². The Bertz CT molecular complexity index is 1260. The quantitative estimate of drug-likeness (QED) is 0.493. The van der Waals surface area contributed by atoms with Gasteiger partial charge >= 0.3 is 0 Å². The summed E-state index contributed by atoms with van der Waals surface area (Å²) in [7, 11) is 3.46. The molecule has 0 atom stereocenters. The number of rotatable bonds is 6. The van der Waals surface area contributed by atoms with Crippen LogP contribution in [0.5, 0.6) is 5.75 Å². The number of anilines is 1. The zero-order valence-electron chi connectivity index (χ0n) is 19.3. The maximum absolute atomic E-state index is 5.64. The average Bonchev–Trinajstić information content (AvgIpc) is 3.18. The van der Waals surface area contributed by atoms with Crippen LogP contribution in [-0.2, 0) is 13.5 Å². The second-order valence-corrected chi connectivity index (χ2v) is 9.08. The topological polar surface area (TPSA) is 104 Å². The Hall–Kier alpha value is -3.62. The van der Waals surface area contributed by atoms with Gasteiger partial charge in [-0.25, -0.2) is 19.6 Å². The van der Waals surface area contributed by atoms with Gasteiger partial charge in [-0.1, -0.05) is 32.9 Å². The van der Waals surface area contributed by atoms with Gasteiger partial charge in [-0.3, -0.25) is 0 Å². The molecule has 0 aliphatic carbocycles. The molecule has 0 saturated heterocycles. The summed E-state index contributed by atoms with van der Waals surface area (Å²) in [4.78, 5) is 14.1. The molecule has 3 heterocycles. The number of nitrogens with one attached hydrogen (secondary N) is 1. The van der Waals surface area contributed by atoms with E-state index in [1.807, 2.05) is 37.4 Å². The summed E-state index contributed by atoms with van der Waals surface area (Å²) in [5.41, 5.74) is 3.74. The first-order valence-corrected chi connectivity index (χ1v) is 10.5. The second-order valence-electron chi connectivity index (χ2n) is 9.08. The normalized spacial score (nSPS) is 11.7. The molecule has 9 heteroatoms. The van der Waals surface area contributed by atoms with Gasteiger partial charge in [0.05, 0.1) is 7.11 Å². The van der Waals surface area contributed by atoms with E-state index in [0.29, 0.717) is 18.1 Å².